The van der Waals surface area contributed by atoms with Crippen molar-refractivity contribution in [2.24, 2.45) is 0 Å². The second-order valence-corrected chi connectivity index (χ2v) is 2.46. The Morgan fingerprint density at radius 1 is 1.38 bits per heavy atom. The minimum atomic E-state index is 0.654. The van der Waals surface area contributed by atoms with Crippen LogP contribution in [-0.4, -0.2) is 12.6 Å². The van der Waals surface area contributed by atoms with Gasteiger partial charge < -0.3 is 5.32 Å². The van der Waals surface area contributed by atoms with Gasteiger partial charge in [0.05, 0.1) is 0 Å². The zero-order valence-electron chi connectivity index (χ0n) is 6.20. The van der Waals surface area contributed by atoms with Gasteiger partial charge in [0.15, 0.2) is 0 Å². The van der Waals surface area contributed by atoms with Gasteiger partial charge in [-0.3, -0.25) is 0 Å². The quantitative estimate of drug-likeness (QED) is 0.551. The fourth-order valence-corrected chi connectivity index (χ4v) is 0.568. The molecule has 0 amide bonds. The summed E-state index contributed by atoms with van der Waals surface area (Å²) in [6, 6.07) is 0.654. The molecule has 0 bridgehead atoms. The Morgan fingerprint density at radius 3 is 2.38 bits per heavy atom. The normalized spacial score (nSPS) is 10.5. The van der Waals surface area contributed by atoms with E-state index in [1.54, 1.807) is 0 Å². The maximum atomic E-state index is 3.35. The molecule has 0 atom stereocenters. The average Bonchev–Trinajstić information content (AvgIpc) is 1.66. The van der Waals surface area contributed by atoms with Gasteiger partial charge in [-0.1, -0.05) is 27.2 Å². The zero-order valence-corrected chi connectivity index (χ0v) is 6.20. The molecule has 1 nitrogen and oxygen atoms in total. The molecule has 0 unspecified atom stereocenters. The van der Waals surface area contributed by atoms with Crippen LogP contribution in [0.2, 0.25) is 0 Å². The van der Waals surface area contributed by atoms with Crippen molar-refractivity contribution < 1.29 is 0 Å². The Kier molecular flexibility index (Phi) is 5.08. The Labute approximate surface area is 52.5 Å². The van der Waals surface area contributed by atoms with Crippen LogP contribution in [0.3, 0.4) is 0 Å². The summed E-state index contributed by atoms with van der Waals surface area (Å²) in [5.74, 6) is 0. The maximum absolute atomic E-state index is 3.35. The van der Waals surface area contributed by atoms with E-state index in [0.29, 0.717) is 6.04 Å². The average molecular weight is 115 g/mol. The van der Waals surface area contributed by atoms with E-state index < -0.39 is 0 Å². The van der Waals surface area contributed by atoms with E-state index in [4.69, 9.17) is 0 Å². The molecule has 0 aromatic heterocycles. The standard InChI is InChI=1S/C7H17N/c1-4-5-6-8-7(2)3/h7-8H,4-6H2,1-3H3. The highest BCUT2D eigenvalue weighted by molar-refractivity contribution is 4.50. The highest BCUT2D eigenvalue weighted by atomic mass is 14.9. The highest BCUT2D eigenvalue weighted by Gasteiger charge is 1.87. The summed E-state index contributed by atoms with van der Waals surface area (Å²) in [5.41, 5.74) is 0. The summed E-state index contributed by atoms with van der Waals surface area (Å²) in [6.07, 6.45) is 2.60. The molecule has 0 saturated heterocycles. The summed E-state index contributed by atoms with van der Waals surface area (Å²) in [4.78, 5) is 0. The van der Waals surface area contributed by atoms with Crippen molar-refractivity contribution in [1.29, 1.82) is 0 Å². The van der Waals surface area contributed by atoms with E-state index in [-0.39, 0.29) is 0 Å². The third kappa shape index (κ3) is 5.96. The third-order valence-electron chi connectivity index (χ3n) is 1.08. The monoisotopic (exact) mass is 115 g/mol. The first kappa shape index (κ1) is 7.96. The van der Waals surface area contributed by atoms with Crippen LogP contribution in [0.1, 0.15) is 33.6 Å². The lowest BCUT2D eigenvalue weighted by molar-refractivity contribution is 0.566. The van der Waals surface area contributed by atoms with Crippen LogP contribution < -0.4 is 5.32 Å². The van der Waals surface area contributed by atoms with Crippen molar-refractivity contribution in [3.63, 3.8) is 0 Å². The van der Waals surface area contributed by atoms with Gasteiger partial charge in [-0.05, 0) is 13.0 Å². The summed E-state index contributed by atoms with van der Waals surface area (Å²) in [7, 11) is 0. The number of hydrogen-bond donors (Lipinski definition) is 1. The first-order valence-corrected chi connectivity index (χ1v) is 3.50. The first-order chi connectivity index (χ1) is 3.77. The minimum Gasteiger partial charge on any atom is -0.315 e. The van der Waals surface area contributed by atoms with Gasteiger partial charge in [0.1, 0.15) is 0 Å². The molecule has 0 saturated carbocycles. The molecule has 0 aliphatic rings. The summed E-state index contributed by atoms with van der Waals surface area (Å²) in [6.45, 7) is 7.74. The molecule has 0 fully saturated rings. The number of nitrogens with one attached hydrogen (secondary N) is 1. The van der Waals surface area contributed by atoms with E-state index in [0.717, 1.165) is 0 Å². The van der Waals surface area contributed by atoms with E-state index in [2.05, 4.69) is 26.1 Å². The second kappa shape index (κ2) is 5.10. The first-order valence-electron chi connectivity index (χ1n) is 3.50. The summed E-state index contributed by atoms with van der Waals surface area (Å²) in [5, 5.41) is 3.35. The van der Waals surface area contributed by atoms with Crippen LogP contribution in [0.5, 0.6) is 0 Å². The van der Waals surface area contributed by atoms with Crippen LogP contribution in [0.15, 0.2) is 0 Å². The van der Waals surface area contributed by atoms with E-state index >= 15 is 0 Å². The van der Waals surface area contributed by atoms with E-state index in [1.165, 1.54) is 19.4 Å². The number of rotatable bonds is 4. The Balaban J connectivity index is 2.72. The van der Waals surface area contributed by atoms with Crippen LogP contribution >= 0.6 is 0 Å². The van der Waals surface area contributed by atoms with Gasteiger partial charge in [-0.2, -0.15) is 0 Å². The van der Waals surface area contributed by atoms with Crippen molar-refractivity contribution in [2.45, 2.75) is 39.7 Å². The minimum absolute atomic E-state index is 0.654. The van der Waals surface area contributed by atoms with Gasteiger partial charge in [-0.15, -0.1) is 0 Å². The SMILES string of the molecule is CCCCNC(C)C. The maximum Gasteiger partial charge on any atom is 0.00103 e. The molecule has 0 aliphatic heterocycles. The fraction of sp³-hybridized carbons (Fsp3) is 1.00. The molecular formula is C7H17N. The third-order valence-corrected chi connectivity index (χ3v) is 1.08. The lowest BCUT2D eigenvalue weighted by Crippen LogP contribution is -2.23. The van der Waals surface area contributed by atoms with Crippen LogP contribution in [0.4, 0.5) is 0 Å². The summed E-state index contributed by atoms with van der Waals surface area (Å²) < 4.78 is 0. The van der Waals surface area contributed by atoms with Crippen molar-refractivity contribution in [2.75, 3.05) is 6.54 Å². The summed E-state index contributed by atoms with van der Waals surface area (Å²) >= 11 is 0. The van der Waals surface area contributed by atoms with Gasteiger partial charge in [0, 0.05) is 6.04 Å². The van der Waals surface area contributed by atoms with E-state index in [1.807, 2.05) is 0 Å². The fourth-order valence-electron chi connectivity index (χ4n) is 0.568. The predicted octanol–water partition coefficient (Wildman–Crippen LogP) is 1.78. The molecule has 0 aromatic carbocycles. The number of unbranched alkanes of at least 4 members (excludes halogenated alkanes) is 1. The number of hydrogen-bond acceptors (Lipinski definition) is 1. The molecule has 1 N–H and O–H groups in total. The van der Waals surface area contributed by atoms with Gasteiger partial charge >= 0.3 is 0 Å². The smallest absolute Gasteiger partial charge is 0.00103 e. The molecule has 0 heterocycles. The molecular weight excluding hydrogens is 98.1 g/mol. The second-order valence-electron chi connectivity index (χ2n) is 2.46. The molecule has 0 spiro atoms. The molecule has 1 heteroatoms. The Hall–Kier alpha value is -0.0400. The van der Waals surface area contributed by atoms with Crippen LogP contribution in [-0.2, 0) is 0 Å². The largest absolute Gasteiger partial charge is 0.315 e. The highest BCUT2D eigenvalue weighted by Crippen LogP contribution is 1.83. The van der Waals surface area contributed by atoms with E-state index in [9.17, 15) is 0 Å². The van der Waals surface area contributed by atoms with Crippen molar-refractivity contribution in [3.8, 4) is 0 Å². The lowest BCUT2D eigenvalue weighted by Gasteiger charge is -2.05. The van der Waals surface area contributed by atoms with Crippen molar-refractivity contribution in [3.05, 3.63) is 0 Å². The van der Waals surface area contributed by atoms with Crippen LogP contribution in [0, 0.1) is 0 Å². The van der Waals surface area contributed by atoms with Gasteiger partial charge in [0.25, 0.3) is 0 Å². The lowest BCUT2D eigenvalue weighted by atomic mass is 10.3. The molecule has 50 valence electrons. The van der Waals surface area contributed by atoms with Crippen molar-refractivity contribution >= 4 is 0 Å². The topological polar surface area (TPSA) is 12.0 Å². The molecule has 8 heavy (non-hydrogen) atoms. The zero-order chi connectivity index (χ0) is 6.41. The Morgan fingerprint density at radius 2 is 2.00 bits per heavy atom. The Bertz CT molecular complexity index is 41.7. The van der Waals surface area contributed by atoms with Crippen molar-refractivity contribution in [1.82, 2.24) is 5.32 Å². The molecule has 0 radical (unpaired) electrons. The predicted molar refractivity (Wildman–Crippen MR) is 38.0 cm³/mol. The van der Waals surface area contributed by atoms with Crippen LogP contribution in [0.25, 0.3) is 0 Å². The van der Waals surface area contributed by atoms with Gasteiger partial charge in [0.2, 0.25) is 0 Å². The molecule has 0 rings (SSSR count). The van der Waals surface area contributed by atoms with Gasteiger partial charge in [-0.25, -0.2) is 0 Å². The molecule has 0 aliphatic carbocycles. The molecule has 0 aromatic rings.